The van der Waals surface area contributed by atoms with Crippen molar-refractivity contribution in [2.45, 2.75) is 38.6 Å². The van der Waals surface area contributed by atoms with Crippen LogP contribution >= 0.6 is 0 Å². The Labute approximate surface area is 136 Å². The van der Waals surface area contributed by atoms with E-state index < -0.39 is 12.1 Å². The van der Waals surface area contributed by atoms with E-state index in [-0.39, 0.29) is 18.9 Å². The zero-order valence-corrected chi connectivity index (χ0v) is 13.4. The molecule has 1 atom stereocenters. The molecule has 124 valence electrons. The van der Waals surface area contributed by atoms with Crippen LogP contribution in [-0.4, -0.2) is 31.2 Å². The molecule has 0 saturated heterocycles. The van der Waals surface area contributed by atoms with Crippen LogP contribution in [-0.2, 0) is 16.0 Å². The molecular weight excluding hydrogens is 294 g/mol. The summed E-state index contributed by atoms with van der Waals surface area (Å²) in [6, 6.07) is 10.6. The van der Waals surface area contributed by atoms with E-state index in [1.807, 2.05) is 43.3 Å². The maximum Gasteiger partial charge on any atom is 0.407 e. The molecule has 0 spiro atoms. The normalized spacial score (nSPS) is 11.1. The summed E-state index contributed by atoms with van der Waals surface area (Å²) < 4.78 is 5.04. The SMILES string of the molecule is CCCCOC(=O)NC(Cc1ccccc1)C(=O)NCCC#N. The van der Waals surface area contributed by atoms with Crippen molar-refractivity contribution >= 4 is 12.0 Å². The molecule has 0 aliphatic heterocycles. The number of benzene rings is 1. The number of unbranched alkanes of at least 4 members (excludes halogenated alkanes) is 1. The molecule has 0 saturated carbocycles. The lowest BCUT2D eigenvalue weighted by Gasteiger charge is -2.18. The van der Waals surface area contributed by atoms with E-state index in [9.17, 15) is 9.59 Å². The van der Waals surface area contributed by atoms with Crippen LogP contribution in [0.4, 0.5) is 4.79 Å². The van der Waals surface area contributed by atoms with Gasteiger partial charge in [-0.3, -0.25) is 4.79 Å². The Kier molecular flexibility index (Phi) is 8.91. The van der Waals surface area contributed by atoms with Gasteiger partial charge < -0.3 is 15.4 Å². The van der Waals surface area contributed by atoms with Gasteiger partial charge in [-0.2, -0.15) is 5.26 Å². The highest BCUT2D eigenvalue weighted by Gasteiger charge is 2.21. The third-order valence-corrected chi connectivity index (χ3v) is 3.16. The molecule has 2 N–H and O–H groups in total. The van der Waals surface area contributed by atoms with Crippen LogP contribution < -0.4 is 10.6 Å². The van der Waals surface area contributed by atoms with Crippen molar-refractivity contribution in [1.29, 1.82) is 5.26 Å². The van der Waals surface area contributed by atoms with Crippen LogP contribution in [0.5, 0.6) is 0 Å². The van der Waals surface area contributed by atoms with Crippen molar-refractivity contribution < 1.29 is 14.3 Å². The van der Waals surface area contributed by atoms with E-state index in [0.29, 0.717) is 13.0 Å². The maximum atomic E-state index is 12.2. The van der Waals surface area contributed by atoms with Crippen molar-refractivity contribution in [3.8, 4) is 6.07 Å². The van der Waals surface area contributed by atoms with Gasteiger partial charge >= 0.3 is 6.09 Å². The molecule has 0 aliphatic carbocycles. The number of rotatable bonds is 9. The predicted octanol–water partition coefficient (Wildman–Crippen LogP) is 2.15. The second-order valence-corrected chi connectivity index (χ2v) is 5.08. The van der Waals surface area contributed by atoms with Crippen molar-refractivity contribution in [2.75, 3.05) is 13.2 Å². The fourth-order valence-electron chi connectivity index (χ4n) is 1.92. The number of nitriles is 1. The number of hydrogen-bond acceptors (Lipinski definition) is 4. The van der Waals surface area contributed by atoms with Gasteiger partial charge in [-0.15, -0.1) is 0 Å². The van der Waals surface area contributed by atoms with Crippen molar-refractivity contribution in [2.24, 2.45) is 0 Å². The summed E-state index contributed by atoms with van der Waals surface area (Å²) in [5.41, 5.74) is 0.932. The van der Waals surface area contributed by atoms with Crippen LogP contribution in [0, 0.1) is 11.3 Å². The molecule has 1 aromatic rings. The van der Waals surface area contributed by atoms with Gasteiger partial charge in [0.2, 0.25) is 5.91 Å². The van der Waals surface area contributed by atoms with Gasteiger partial charge in [-0.05, 0) is 12.0 Å². The van der Waals surface area contributed by atoms with Crippen LogP contribution in [0.1, 0.15) is 31.7 Å². The molecule has 23 heavy (non-hydrogen) atoms. The minimum absolute atomic E-state index is 0.227. The minimum Gasteiger partial charge on any atom is -0.450 e. The third kappa shape index (κ3) is 7.86. The summed E-state index contributed by atoms with van der Waals surface area (Å²) in [5, 5.41) is 13.8. The Morgan fingerprint density at radius 3 is 2.70 bits per heavy atom. The van der Waals surface area contributed by atoms with Crippen LogP contribution in [0.15, 0.2) is 30.3 Å². The smallest absolute Gasteiger partial charge is 0.407 e. The van der Waals surface area contributed by atoms with E-state index in [2.05, 4.69) is 10.6 Å². The quantitative estimate of drug-likeness (QED) is 0.683. The number of ether oxygens (including phenoxy) is 1. The van der Waals surface area contributed by atoms with Crippen LogP contribution in [0.25, 0.3) is 0 Å². The Morgan fingerprint density at radius 1 is 1.30 bits per heavy atom. The van der Waals surface area contributed by atoms with Gasteiger partial charge in [-0.25, -0.2) is 4.79 Å². The molecule has 6 heteroatoms. The van der Waals surface area contributed by atoms with E-state index in [1.165, 1.54) is 0 Å². The summed E-state index contributed by atoms with van der Waals surface area (Å²) in [4.78, 5) is 24.0. The lowest BCUT2D eigenvalue weighted by atomic mass is 10.1. The molecule has 0 fully saturated rings. The van der Waals surface area contributed by atoms with Gasteiger partial charge in [0.1, 0.15) is 6.04 Å². The van der Waals surface area contributed by atoms with Gasteiger partial charge in [0.25, 0.3) is 0 Å². The molecule has 2 amide bonds. The second-order valence-electron chi connectivity index (χ2n) is 5.08. The van der Waals surface area contributed by atoms with E-state index in [1.54, 1.807) is 0 Å². The Hall–Kier alpha value is -2.55. The zero-order chi connectivity index (χ0) is 16.9. The summed E-state index contributed by atoms with van der Waals surface area (Å²) in [6.45, 7) is 2.59. The van der Waals surface area contributed by atoms with Gasteiger partial charge in [0.05, 0.1) is 19.1 Å². The number of carbonyl (C=O) groups excluding carboxylic acids is 2. The maximum absolute atomic E-state index is 12.2. The standard InChI is InChI=1S/C17H23N3O3/c1-2-3-12-23-17(22)20-15(16(21)19-11-7-10-18)13-14-8-5-4-6-9-14/h4-6,8-9,15H,2-3,7,11-13H2,1H3,(H,19,21)(H,20,22). The molecule has 1 rings (SSSR count). The number of amides is 2. The van der Waals surface area contributed by atoms with Crippen LogP contribution in [0.2, 0.25) is 0 Å². The number of carbonyl (C=O) groups is 2. The fourth-order valence-corrected chi connectivity index (χ4v) is 1.92. The highest BCUT2D eigenvalue weighted by atomic mass is 16.5. The predicted molar refractivity (Wildman–Crippen MR) is 86.6 cm³/mol. The monoisotopic (exact) mass is 317 g/mol. The largest absolute Gasteiger partial charge is 0.450 e. The van der Waals surface area contributed by atoms with Gasteiger partial charge in [-0.1, -0.05) is 43.7 Å². The zero-order valence-electron chi connectivity index (χ0n) is 13.4. The lowest BCUT2D eigenvalue weighted by molar-refractivity contribution is -0.123. The average Bonchev–Trinajstić information content (AvgIpc) is 2.55. The Morgan fingerprint density at radius 2 is 2.04 bits per heavy atom. The van der Waals surface area contributed by atoms with E-state index in [0.717, 1.165) is 18.4 Å². The first kappa shape index (κ1) is 18.5. The van der Waals surface area contributed by atoms with Gasteiger partial charge in [0, 0.05) is 13.0 Å². The van der Waals surface area contributed by atoms with E-state index >= 15 is 0 Å². The fraction of sp³-hybridized carbons (Fsp3) is 0.471. The highest BCUT2D eigenvalue weighted by molar-refractivity contribution is 5.85. The average molecular weight is 317 g/mol. The number of hydrogen-bond donors (Lipinski definition) is 2. The molecule has 1 aromatic carbocycles. The first-order valence-corrected chi connectivity index (χ1v) is 7.79. The first-order valence-electron chi connectivity index (χ1n) is 7.79. The summed E-state index contributed by atoms with van der Waals surface area (Å²) in [7, 11) is 0. The van der Waals surface area contributed by atoms with Crippen molar-refractivity contribution in [1.82, 2.24) is 10.6 Å². The first-order chi connectivity index (χ1) is 11.2. The highest BCUT2D eigenvalue weighted by Crippen LogP contribution is 2.04. The van der Waals surface area contributed by atoms with E-state index in [4.69, 9.17) is 10.00 Å². The topological polar surface area (TPSA) is 91.2 Å². The van der Waals surface area contributed by atoms with Crippen molar-refractivity contribution in [3.05, 3.63) is 35.9 Å². The Bertz CT molecular complexity index is 526. The molecule has 0 bridgehead atoms. The number of nitrogens with zero attached hydrogens (tertiary/aromatic N) is 1. The van der Waals surface area contributed by atoms with Crippen LogP contribution in [0.3, 0.4) is 0 Å². The van der Waals surface area contributed by atoms with Gasteiger partial charge in [0.15, 0.2) is 0 Å². The number of alkyl carbamates (subject to hydrolysis) is 1. The number of nitrogens with one attached hydrogen (secondary N) is 2. The Balaban J connectivity index is 2.62. The molecule has 6 nitrogen and oxygen atoms in total. The molecular formula is C17H23N3O3. The summed E-state index contributed by atoms with van der Waals surface area (Å²) in [5.74, 6) is -0.323. The molecule has 0 radical (unpaired) electrons. The summed E-state index contributed by atoms with van der Waals surface area (Å²) >= 11 is 0. The molecule has 1 unspecified atom stereocenters. The lowest BCUT2D eigenvalue weighted by Crippen LogP contribution is -2.48. The summed E-state index contributed by atoms with van der Waals surface area (Å²) in [6.07, 6.45) is 1.70. The molecule has 0 aliphatic rings. The third-order valence-electron chi connectivity index (χ3n) is 3.16. The second kappa shape index (κ2) is 11.1. The van der Waals surface area contributed by atoms with Crippen molar-refractivity contribution in [3.63, 3.8) is 0 Å². The molecule has 0 heterocycles. The minimum atomic E-state index is -0.731. The molecule has 0 aromatic heterocycles.